The van der Waals surface area contributed by atoms with Crippen molar-refractivity contribution in [1.82, 2.24) is 5.32 Å². The number of hydrogen-bond acceptors (Lipinski definition) is 4. The lowest BCUT2D eigenvalue weighted by atomic mass is 10.3. The van der Waals surface area contributed by atoms with Crippen LogP contribution in [0.2, 0.25) is 0 Å². The average Bonchev–Trinajstić information content (AvgIpc) is 2.33. The van der Waals surface area contributed by atoms with Gasteiger partial charge in [-0.1, -0.05) is 12.2 Å². The molecular weight excluding hydrogens is 190 g/mol. The van der Waals surface area contributed by atoms with E-state index in [0.717, 1.165) is 0 Å². The summed E-state index contributed by atoms with van der Waals surface area (Å²) in [4.78, 5) is 9.85. The molecule has 0 atom stereocenters. The zero-order valence-electron chi connectivity index (χ0n) is 8.19. The Bertz CT molecular complexity index is 408. The molecule has 1 aliphatic heterocycles. The fraction of sp³-hybridized carbons (Fsp3) is 0.0909. The third kappa shape index (κ3) is 5.65. The first-order valence-electron chi connectivity index (χ1n) is 4.09. The predicted octanol–water partition coefficient (Wildman–Crippen LogP) is 1.35. The summed E-state index contributed by atoms with van der Waals surface area (Å²) in [5.41, 5.74) is 0.646. The van der Waals surface area contributed by atoms with Crippen LogP contribution in [0.5, 0.6) is 0 Å². The minimum atomic E-state index is 0.167. The SMILES string of the molecule is CC=C(C#N)C#N.O=C=C1C=CC=CN1. The maximum atomic E-state index is 9.85. The van der Waals surface area contributed by atoms with Gasteiger partial charge in [-0.3, -0.25) is 0 Å². The summed E-state index contributed by atoms with van der Waals surface area (Å²) in [5.74, 6) is 1.72. The summed E-state index contributed by atoms with van der Waals surface area (Å²) in [5, 5.41) is 18.7. The van der Waals surface area contributed by atoms with Gasteiger partial charge in [0.15, 0.2) is 5.94 Å². The summed E-state index contributed by atoms with van der Waals surface area (Å²) < 4.78 is 0. The maximum absolute atomic E-state index is 9.85. The summed E-state index contributed by atoms with van der Waals surface area (Å²) in [6, 6.07) is 3.40. The topological polar surface area (TPSA) is 76.7 Å². The van der Waals surface area contributed by atoms with Crippen molar-refractivity contribution in [2.24, 2.45) is 0 Å². The Hall–Kier alpha value is -2.55. The van der Waals surface area contributed by atoms with E-state index in [4.69, 9.17) is 10.5 Å². The van der Waals surface area contributed by atoms with Crippen LogP contribution in [0.15, 0.2) is 41.8 Å². The lowest BCUT2D eigenvalue weighted by Crippen LogP contribution is -2.04. The van der Waals surface area contributed by atoms with Crippen molar-refractivity contribution in [1.29, 1.82) is 10.5 Å². The van der Waals surface area contributed by atoms with E-state index >= 15 is 0 Å². The molecule has 0 radical (unpaired) electrons. The fourth-order valence-corrected chi connectivity index (χ4v) is 0.611. The molecule has 0 aromatic rings. The molecule has 0 amide bonds. The van der Waals surface area contributed by atoms with Crippen molar-refractivity contribution in [3.05, 3.63) is 41.8 Å². The first-order valence-corrected chi connectivity index (χ1v) is 4.09. The first kappa shape index (κ1) is 12.4. The van der Waals surface area contributed by atoms with Crippen LogP contribution in [0, 0.1) is 22.7 Å². The molecule has 0 aliphatic carbocycles. The zero-order valence-corrected chi connectivity index (χ0v) is 8.19. The summed E-state index contributed by atoms with van der Waals surface area (Å²) >= 11 is 0. The molecule has 4 heteroatoms. The van der Waals surface area contributed by atoms with Gasteiger partial charge in [0.2, 0.25) is 0 Å². The van der Waals surface area contributed by atoms with Crippen molar-refractivity contribution in [2.75, 3.05) is 0 Å². The second kappa shape index (κ2) is 8.07. The zero-order chi connectivity index (χ0) is 11.5. The van der Waals surface area contributed by atoms with Gasteiger partial charge in [-0.2, -0.15) is 10.5 Å². The van der Waals surface area contributed by atoms with Crippen LogP contribution in [0.1, 0.15) is 6.92 Å². The molecule has 0 fully saturated rings. The molecule has 0 aromatic heterocycles. The van der Waals surface area contributed by atoms with Crippen LogP contribution in [0.4, 0.5) is 0 Å². The van der Waals surface area contributed by atoms with E-state index in [-0.39, 0.29) is 5.57 Å². The molecule has 74 valence electrons. The molecule has 1 rings (SSSR count). The monoisotopic (exact) mass is 199 g/mol. The van der Waals surface area contributed by atoms with E-state index in [1.807, 2.05) is 0 Å². The molecule has 4 nitrogen and oxygen atoms in total. The summed E-state index contributed by atoms with van der Waals surface area (Å²) in [6.45, 7) is 1.65. The van der Waals surface area contributed by atoms with E-state index < -0.39 is 0 Å². The van der Waals surface area contributed by atoms with Crippen LogP contribution >= 0.6 is 0 Å². The number of carbonyl (C=O) groups excluding carboxylic acids is 1. The first-order chi connectivity index (χ1) is 7.28. The van der Waals surface area contributed by atoms with E-state index in [0.29, 0.717) is 5.70 Å². The maximum Gasteiger partial charge on any atom is 0.150 e. The Labute approximate surface area is 88.1 Å². The highest BCUT2D eigenvalue weighted by molar-refractivity contribution is 5.57. The third-order valence-corrected chi connectivity index (χ3v) is 1.35. The van der Waals surface area contributed by atoms with Gasteiger partial charge in [-0.25, -0.2) is 4.79 Å². The van der Waals surface area contributed by atoms with Crippen LogP contribution in [-0.4, -0.2) is 5.94 Å². The minimum absolute atomic E-state index is 0.167. The molecule has 0 bridgehead atoms. The molecule has 1 N–H and O–H groups in total. The summed E-state index contributed by atoms with van der Waals surface area (Å²) in [7, 11) is 0. The fourth-order valence-electron chi connectivity index (χ4n) is 0.611. The second-order valence-corrected chi connectivity index (χ2v) is 2.30. The highest BCUT2D eigenvalue weighted by atomic mass is 16.1. The predicted molar refractivity (Wildman–Crippen MR) is 55.6 cm³/mol. The summed E-state index contributed by atoms with van der Waals surface area (Å²) in [6.07, 6.45) is 8.39. The number of dihydropyridines is 1. The van der Waals surface area contributed by atoms with Gasteiger partial charge in [0.25, 0.3) is 0 Å². The Morgan fingerprint density at radius 2 is 2.07 bits per heavy atom. The van der Waals surface area contributed by atoms with Crippen molar-refractivity contribution >= 4 is 5.94 Å². The number of nitriles is 2. The molecule has 1 heterocycles. The quantitative estimate of drug-likeness (QED) is 0.472. The Kier molecular flexibility index (Phi) is 6.70. The molecule has 0 unspecified atom stereocenters. The van der Waals surface area contributed by atoms with Gasteiger partial charge in [-0.15, -0.1) is 0 Å². The molecule has 15 heavy (non-hydrogen) atoms. The highest BCUT2D eigenvalue weighted by Crippen LogP contribution is 1.91. The number of hydrogen-bond donors (Lipinski definition) is 1. The molecule has 0 saturated heterocycles. The van der Waals surface area contributed by atoms with Crippen LogP contribution in [0.3, 0.4) is 0 Å². The van der Waals surface area contributed by atoms with Crippen LogP contribution in [0.25, 0.3) is 0 Å². The van der Waals surface area contributed by atoms with Gasteiger partial charge >= 0.3 is 0 Å². The third-order valence-electron chi connectivity index (χ3n) is 1.35. The largest absolute Gasteiger partial charge is 0.353 e. The van der Waals surface area contributed by atoms with Crippen molar-refractivity contribution < 1.29 is 4.79 Å². The van der Waals surface area contributed by atoms with E-state index in [1.54, 1.807) is 49.4 Å². The van der Waals surface area contributed by atoms with E-state index in [9.17, 15) is 4.79 Å². The Balaban J connectivity index is 0.000000265. The average molecular weight is 199 g/mol. The lowest BCUT2D eigenvalue weighted by Gasteiger charge is -1.97. The van der Waals surface area contributed by atoms with E-state index in [1.165, 1.54) is 6.08 Å². The van der Waals surface area contributed by atoms with Gasteiger partial charge in [0.05, 0.1) is 0 Å². The van der Waals surface area contributed by atoms with Gasteiger partial charge in [0, 0.05) is 6.20 Å². The van der Waals surface area contributed by atoms with E-state index in [2.05, 4.69) is 5.32 Å². The number of rotatable bonds is 0. The molecular formula is C11H9N3O. The van der Waals surface area contributed by atoms with Crippen molar-refractivity contribution in [3.63, 3.8) is 0 Å². The Morgan fingerprint density at radius 1 is 1.40 bits per heavy atom. The second-order valence-electron chi connectivity index (χ2n) is 2.30. The van der Waals surface area contributed by atoms with Gasteiger partial charge < -0.3 is 5.32 Å². The normalized spacial score (nSPS) is 10.7. The smallest absolute Gasteiger partial charge is 0.150 e. The molecule has 1 aliphatic rings. The molecule has 0 saturated carbocycles. The minimum Gasteiger partial charge on any atom is -0.353 e. The number of allylic oxidation sites excluding steroid dienone is 5. The van der Waals surface area contributed by atoms with Gasteiger partial charge in [-0.05, 0) is 19.1 Å². The highest BCUT2D eigenvalue weighted by Gasteiger charge is 1.88. The van der Waals surface area contributed by atoms with Crippen LogP contribution in [-0.2, 0) is 4.79 Å². The van der Waals surface area contributed by atoms with Crippen LogP contribution < -0.4 is 5.32 Å². The molecule has 0 spiro atoms. The number of nitrogens with one attached hydrogen (secondary N) is 1. The number of nitrogens with zero attached hydrogens (tertiary/aromatic N) is 2. The van der Waals surface area contributed by atoms with Crippen molar-refractivity contribution in [2.45, 2.75) is 6.92 Å². The lowest BCUT2D eigenvalue weighted by molar-refractivity contribution is 0.566. The van der Waals surface area contributed by atoms with Gasteiger partial charge in [0.1, 0.15) is 23.4 Å². The Morgan fingerprint density at radius 3 is 2.27 bits per heavy atom. The standard InChI is InChI=1S/C6H5NO.C5H4N2/c8-5-6-3-1-2-4-7-6;1-2-5(3-6)4-7/h1-4,7H;2H,1H3. The molecule has 0 aromatic carbocycles. The van der Waals surface area contributed by atoms with Crippen molar-refractivity contribution in [3.8, 4) is 12.1 Å².